The second-order valence-electron chi connectivity index (χ2n) is 5.95. The summed E-state index contributed by atoms with van der Waals surface area (Å²) in [5, 5.41) is 5.40. The predicted molar refractivity (Wildman–Crippen MR) is 87.3 cm³/mol. The van der Waals surface area contributed by atoms with Crippen molar-refractivity contribution in [2.45, 2.75) is 40.2 Å². The highest BCUT2D eigenvalue weighted by molar-refractivity contribution is 6.01. The molecule has 0 fully saturated rings. The van der Waals surface area contributed by atoms with Gasteiger partial charge in [-0.1, -0.05) is 12.1 Å². The molecule has 0 bridgehead atoms. The fraction of sp³-hybridized carbons (Fsp3) is 0.412. The van der Waals surface area contributed by atoms with Crippen molar-refractivity contribution in [3.63, 3.8) is 0 Å². The van der Waals surface area contributed by atoms with Crippen LogP contribution in [0.4, 0.5) is 0 Å². The van der Waals surface area contributed by atoms with E-state index in [0.29, 0.717) is 6.61 Å². The summed E-state index contributed by atoms with van der Waals surface area (Å²) in [7, 11) is 0. The van der Waals surface area contributed by atoms with Crippen molar-refractivity contribution >= 4 is 17.9 Å². The summed E-state index contributed by atoms with van der Waals surface area (Å²) in [6, 6.07) is 7.30. The number of nitrogens with one attached hydrogen (secondary N) is 2. The minimum Gasteiger partial charge on any atom is -0.494 e. The molecule has 0 atom stereocenters. The second kappa shape index (κ2) is 7.64. The normalized spacial score (nSPS) is 11.8. The fourth-order valence-electron chi connectivity index (χ4n) is 1.75. The molecule has 5 nitrogen and oxygen atoms in total. The Morgan fingerprint density at radius 2 is 1.77 bits per heavy atom. The average molecular weight is 304 g/mol. The number of hydrogen-bond acceptors (Lipinski definition) is 3. The van der Waals surface area contributed by atoms with Gasteiger partial charge in [-0.3, -0.25) is 9.59 Å². The highest BCUT2D eigenvalue weighted by Gasteiger charge is 2.18. The van der Waals surface area contributed by atoms with Crippen molar-refractivity contribution < 1.29 is 14.3 Å². The zero-order chi connectivity index (χ0) is 16.8. The third-order valence-corrected chi connectivity index (χ3v) is 2.55. The highest BCUT2D eigenvalue weighted by Crippen LogP contribution is 2.14. The molecule has 2 N–H and O–H groups in total. The smallest absolute Gasteiger partial charge is 0.268 e. The number of rotatable bonds is 5. The van der Waals surface area contributed by atoms with Gasteiger partial charge in [0.15, 0.2) is 0 Å². The largest absolute Gasteiger partial charge is 0.494 e. The van der Waals surface area contributed by atoms with E-state index in [4.69, 9.17) is 4.74 Å². The Balaban J connectivity index is 2.99. The van der Waals surface area contributed by atoms with Gasteiger partial charge in [0.1, 0.15) is 11.4 Å². The number of benzene rings is 1. The maximum Gasteiger partial charge on any atom is 0.268 e. The van der Waals surface area contributed by atoms with E-state index in [9.17, 15) is 9.59 Å². The molecule has 0 spiro atoms. The van der Waals surface area contributed by atoms with Crippen LogP contribution in [0.25, 0.3) is 6.08 Å². The topological polar surface area (TPSA) is 67.4 Å². The van der Waals surface area contributed by atoms with Crippen molar-refractivity contribution in [1.29, 1.82) is 0 Å². The van der Waals surface area contributed by atoms with Crippen LogP contribution in [-0.4, -0.2) is 24.0 Å². The van der Waals surface area contributed by atoms with E-state index in [1.807, 2.05) is 52.0 Å². The Kier molecular flexibility index (Phi) is 6.16. The summed E-state index contributed by atoms with van der Waals surface area (Å²) in [6.07, 6.45) is 1.64. The Bertz CT molecular complexity index is 554. The molecule has 0 unspecified atom stereocenters. The van der Waals surface area contributed by atoms with Crippen molar-refractivity contribution in [3.05, 3.63) is 35.5 Å². The van der Waals surface area contributed by atoms with E-state index in [0.717, 1.165) is 11.3 Å². The molecule has 0 aromatic heterocycles. The van der Waals surface area contributed by atoms with E-state index >= 15 is 0 Å². The minimum absolute atomic E-state index is 0.214. The van der Waals surface area contributed by atoms with Gasteiger partial charge in [0.25, 0.3) is 5.91 Å². The lowest BCUT2D eigenvalue weighted by Gasteiger charge is -2.21. The number of ether oxygens (including phenoxy) is 1. The molecular formula is C17H24N2O3. The zero-order valence-electron chi connectivity index (χ0n) is 13.8. The Labute approximate surface area is 131 Å². The SMILES string of the molecule is CCOc1ccc(C=C(NC(C)=O)C(=O)NC(C)(C)C)cc1. The molecule has 0 aliphatic heterocycles. The average Bonchev–Trinajstić information content (AvgIpc) is 2.38. The van der Waals surface area contributed by atoms with Crippen LogP contribution in [0.1, 0.15) is 40.2 Å². The van der Waals surface area contributed by atoms with Gasteiger partial charge in [0, 0.05) is 12.5 Å². The van der Waals surface area contributed by atoms with Crippen LogP contribution in [0.3, 0.4) is 0 Å². The van der Waals surface area contributed by atoms with E-state index < -0.39 is 0 Å². The highest BCUT2D eigenvalue weighted by atomic mass is 16.5. The molecular weight excluding hydrogens is 280 g/mol. The lowest BCUT2D eigenvalue weighted by molar-refractivity contribution is -0.123. The lowest BCUT2D eigenvalue weighted by Crippen LogP contribution is -2.44. The van der Waals surface area contributed by atoms with Gasteiger partial charge >= 0.3 is 0 Å². The first-order valence-electron chi connectivity index (χ1n) is 7.26. The number of carbonyl (C=O) groups excluding carboxylic acids is 2. The maximum atomic E-state index is 12.2. The van der Waals surface area contributed by atoms with Gasteiger partial charge in [0.05, 0.1) is 6.61 Å². The first kappa shape index (κ1) is 17.8. The summed E-state index contributed by atoms with van der Waals surface area (Å²) < 4.78 is 5.37. The summed E-state index contributed by atoms with van der Waals surface area (Å²) in [5.74, 6) is 0.151. The molecule has 0 radical (unpaired) electrons. The minimum atomic E-state index is -0.381. The molecule has 0 aliphatic rings. The van der Waals surface area contributed by atoms with E-state index in [1.165, 1.54) is 6.92 Å². The summed E-state index contributed by atoms with van der Waals surface area (Å²) in [4.78, 5) is 23.6. The molecule has 0 saturated carbocycles. The van der Waals surface area contributed by atoms with Gasteiger partial charge in [0.2, 0.25) is 5.91 Å². The molecule has 0 saturated heterocycles. The van der Waals surface area contributed by atoms with Gasteiger partial charge in [-0.2, -0.15) is 0 Å². The molecule has 5 heteroatoms. The Hall–Kier alpha value is -2.30. The van der Waals surface area contributed by atoms with Crippen LogP contribution in [0.15, 0.2) is 30.0 Å². The van der Waals surface area contributed by atoms with E-state index in [1.54, 1.807) is 6.08 Å². The van der Waals surface area contributed by atoms with Gasteiger partial charge in [-0.05, 0) is 51.5 Å². The van der Waals surface area contributed by atoms with Crippen LogP contribution in [0, 0.1) is 0 Å². The molecule has 22 heavy (non-hydrogen) atoms. The third kappa shape index (κ3) is 6.43. The fourth-order valence-corrected chi connectivity index (χ4v) is 1.75. The third-order valence-electron chi connectivity index (χ3n) is 2.55. The van der Waals surface area contributed by atoms with Crippen LogP contribution < -0.4 is 15.4 Å². The van der Waals surface area contributed by atoms with Crippen LogP contribution in [0.2, 0.25) is 0 Å². The Morgan fingerprint density at radius 1 is 1.18 bits per heavy atom. The van der Waals surface area contributed by atoms with Gasteiger partial charge in [-0.15, -0.1) is 0 Å². The summed E-state index contributed by atoms with van der Waals surface area (Å²) in [6.45, 7) is 9.53. The first-order chi connectivity index (χ1) is 10.2. The molecule has 120 valence electrons. The summed E-state index contributed by atoms with van der Waals surface area (Å²) >= 11 is 0. The molecule has 0 aliphatic carbocycles. The molecule has 1 aromatic rings. The zero-order valence-corrected chi connectivity index (χ0v) is 13.8. The van der Waals surface area contributed by atoms with Crippen LogP contribution >= 0.6 is 0 Å². The molecule has 1 aromatic carbocycles. The van der Waals surface area contributed by atoms with E-state index in [-0.39, 0.29) is 23.1 Å². The Morgan fingerprint density at radius 3 is 2.23 bits per heavy atom. The quantitative estimate of drug-likeness (QED) is 0.821. The van der Waals surface area contributed by atoms with Crippen molar-refractivity contribution in [3.8, 4) is 5.75 Å². The lowest BCUT2D eigenvalue weighted by atomic mass is 10.1. The van der Waals surface area contributed by atoms with Crippen molar-refractivity contribution in [2.75, 3.05) is 6.61 Å². The molecule has 2 amide bonds. The monoisotopic (exact) mass is 304 g/mol. The number of carbonyl (C=O) groups is 2. The first-order valence-corrected chi connectivity index (χ1v) is 7.26. The number of hydrogen-bond donors (Lipinski definition) is 2. The standard InChI is InChI=1S/C17H24N2O3/c1-6-22-14-9-7-13(8-10-14)11-15(18-12(2)20)16(21)19-17(3,4)5/h7-11H,6H2,1-5H3,(H,18,20)(H,19,21). The van der Waals surface area contributed by atoms with Crippen LogP contribution in [0.5, 0.6) is 5.75 Å². The van der Waals surface area contributed by atoms with Crippen molar-refractivity contribution in [1.82, 2.24) is 10.6 Å². The molecule has 1 rings (SSSR count). The summed E-state index contributed by atoms with van der Waals surface area (Å²) in [5.41, 5.74) is 0.635. The van der Waals surface area contributed by atoms with E-state index in [2.05, 4.69) is 10.6 Å². The molecule has 0 heterocycles. The maximum absolute atomic E-state index is 12.2. The van der Waals surface area contributed by atoms with Crippen LogP contribution in [-0.2, 0) is 9.59 Å². The predicted octanol–water partition coefficient (Wildman–Crippen LogP) is 2.48. The van der Waals surface area contributed by atoms with Crippen molar-refractivity contribution in [2.24, 2.45) is 0 Å². The van der Waals surface area contributed by atoms with Gasteiger partial charge < -0.3 is 15.4 Å². The second-order valence-corrected chi connectivity index (χ2v) is 5.95. The number of amides is 2. The van der Waals surface area contributed by atoms with Gasteiger partial charge in [-0.25, -0.2) is 0 Å².